The number of halogens is 1. The van der Waals surface area contributed by atoms with Gasteiger partial charge in [0.2, 0.25) is 0 Å². The Bertz CT molecular complexity index is 423. The van der Waals surface area contributed by atoms with Crippen LogP contribution >= 0.6 is 15.9 Å². The van der Waals surface area contributed by atoms with Crippen LogP contribution in [0, 0.1) is 5.92 Å². The van der Waals surface area contributed by atoms with Crippen molar-refractivity contribution in [2.75, 3.05) is 13.1 Å². The molecule has 1 aromatic carbocycles. The van der Waals surface area contributed by atoms with Crippen molar-refractivity contribution in [2.45, 2.75) is 58.2 Å². The van der Waals surface area contributed by atoms with E-state index in [1.807, 2.05) is 0 Å². The van der Waals surface area contributed by atoms with E-state index in [1.54, 1.807) is 0 Å². The molecule has 0 radical (unpaired) electrons. The van der Waals surface area contributed by atoms with Gasteiger partial charge >= 0.3 is 0 Å². The molecule has 1 N–H and O–H groups in total. The molecule has 2 nitrogen and oxygen atoms in total. The van der Waals surface area contributed by atoms with E-state index >= 15 is 0 Å². The number of hydrogen-bond acceptors (Lipinski definition) is 2. The van der Waals surface area contributed by atoms with Gasteiger partial charge in [-0.2, -0.15) is 0 Å². The Kier molecular flexibility index (Phi) is 7.21. The van der Waals surface area contributed by atoms with Gasteiger partial charge in [-0.3, -0.25) is 0 Å². The van der Waals surface area contributed by atoms with Crippen LogP contribution in [0.25, 0.3) is 0 Å². The Morgan fingerprint density at radius 2 is 2.24 bits per heavy atom. The molecule has 3 unspecified atom stereocenters. The number of rotatable bonds is 7. The van der Waals surface area contributed by atoms with Crippen molar-refractivity contribution in [2.24, 2.45) is 5.92 Å². The highest BCUT2D eigenvalue weighted by Gasteiger charge is 2.23. The van der Waals surface area contributed by atoms with Crippen LogP contribution in [-0.2, 0) is 4.74 Å². The third-order valence-corrected chi connectivity index (χ3v) is 4.72. The van der Waals surface area contributed by atoms with E-state index in [0.717, 1.165) is 29.9 Å². The first-order valence-electron chi connectivity index (χ1n) is 8.30. The largest absolute Gasteiger partial charge is 0.369 e. The molecule has 0 aromatic heterocycles. The fourth-order valence-electron chi connectivity index (χ4n) is 3.10. The highest BCUT2D eigenvalue weighted by Crippen LogP contribution is 2.30. The first-order chi connectivity index (χ1) is 10.2. The molecule has 0 heterocycles. The van der Waals surface area contributed by atoms with E-state index < -0.39 is 0 Å². The van der Waals surface area contributed by atoms with Gasteiger partial charge in [-0.25, -0.2) is 0 Å². The first-order valence-corrected chi connectivity index (χ1v) is 9.10. The molecular weight excluding hydrogens is 326 g/mol. The Labute approximate surface area is 137 Å². The van der Waals surface area contributed by atoms with Gasteiger partial charge < -0.3 is 10.1 Å². The maximum absolute atomic E-state index is 6.47. The van der Waals surface area contributed by atoms with Crippen LogP contribution in [0.1, 0.15) is 57.6 Å². The zero-order chi connectivity index (χ0) is 15.1. The van der Waals surface area contributed by atoms with E-state index in [2.05, 4.69) is 59.4 Å². The smallest absolute Gasteiger partial charge is 0.0953 e. The summed E-state index contributed by atoms with van der Waals surface area (Å²) in [4.78, 5) is 0. The maximum atomic E-state index is 6.47. The molecule has 0 aliphatic heterocycles. The van der Waals surface area contributed by atoms with Gasteiger partial charge in [0.1, 0.15) is 0 Å². The Hall–Kier alpha value is -0.380. The molecule has 1 fully saturated rings. The molecule has 3 atom stereocenters. The quantitative estimate of drug-likeness (QED) is 0.689. The number of nitrogens with one attached hydrogen (secondary N) is 1. The van der Waals surface area contributed by atoms with Gasteiger partial charge in [0.15, 0.2) is 0 Å². The lowest BCUT2D eigenvalue weighted by Gasteiger charge is -2.31. The van der Waals surface area contributed by atoms with Crippen molar-refractivity contribution in [3.63, 3.8) is 0 Å². The topological polar surface area (TPSA) is 21.3 Å². The van der Waals surface area contributed by atoms with Crippen LogP contribution in [0.15, 0.2) is 28.7 Å². The third kappa shape index (κ3) is 5.72. The van der Waals surface area contributed by atoms with Crippen molar-refractivity contribution in [1.29, 1.82) is 0 Å². The Morgan fingerprint density at radius 3 is 2.95 bits per heavy atom. The summed E-state index contributed by atoms with van der Waals surface area (Å²) in [5, 5.41) is 3.51. The van der Waals surface area contributed by atoms with Crippen LogP contribution in [0.4, 0.5) is 0 Å². The van der Waals surface area contributed by atoms with Crippen LogP contribution in [0.3, 0.4) is 0 Å². The zero-order valence-electron chi connectivity index (χ0n) is 13.3. The summed E-state index contributed by atoms with van der Waals surface area (Å²) in [7, 11) is 0. The highest BCUT2D eigenvalue weighted by molar-refractivity contribution is 9.10. The van der Waals surface area contributed by atoms with Gasteiger partial charge in [0, 0.05) is 11.0 Å². The zero-order valence-corrected chi connectivity index (χ0v) is 14.9. The van der Waals surface area contributed by atoms with Crippen molar-refractivity contribution < 1.29 is 4.74 Å². The highest BCUT2D eigenvalue weighted by atomic mass is 79.9. The molecule has 1 aliphatic carbocycles. The minimum atomic E-state index is 0.157. The predicted octanol–water partition coefficient (Wildman–Crippen LogP) is 5.09. The van der Waals surface area contributed by atoms with Crippen LogP contribution < -0.4 is 5.32 Å². The summed E-state index contributed by atoms with van der Waals surface area (Å²) in [6.07, 6.45) is 6.81. The fraction of sp³-hybridized carbons (Fsp3) is 0.667. The van der Waals surface area contributed by atoms with Crippen LogP contribution in [0.2, 0.25) is 0 Å². The number of hydrogen-bond donors (Lipinski definition) is 1. The first kappa shape index (κ1) is 17.0. The van der Waals surface area contributed by atoms with E-state index in [9.17, 15) is 0 Å². The van der Waals surface area contributed by atoms with Crippen molar-refractivity contribution in [3.8, 4) is 0 Å². The lowest BCUT2D eigenvalue weighted by molar-refractivity contribution is -0.0394. The molecule has 0 amide bonds. The average molecular weight is 354 g/mol. The van der Waals surface area contributed by atoms with Crippen LogP contribution in [0.5, 0.6) is 0 Å². The molecule has 1 aromatic rings. The Morgan fingerprint density at radius 1 is 1.38 bits per heavy atom. The second-order valence-electron chi connectivity index (χ2n) is 6.28. The second kappa shape index (κ2) is 8.92. The minimum absolute atomic E-state index is 0.157. The molecule has 0 saturated heterocycles. The SMILES string of the molecule is CCCNCC(OC1CCCC(C)C1)c1cccc(Br)c1. The summed E-state index contributed by atoms with van der Waals surface area (Å²) in [5.41, 5.74) is 1.27. The monoisotopic (exact) mass is 353 g/mol. The van der Waals surface area contributed by atoms with Crippen molar-refractivity contribution >= 4 is 15.9 Å². The van der Waals surface area contributed by atoms with Gasteiger partial charge in [-0.1, -0.05) is 54.8 Å². The lowest BCUT2D eigenvalue weighted by Crippen LogP contribution is -2.29. The standard InChI is InChI=1S/C18H28BrNO/c1-3-10-20-13-18(15-7-5-8-16(19)12-15)21-17-9-4-6-14(2)11-17/h5,7-8,12,14,17-18,20H,3-4,6,9-11,13H2,1-2H3. The minimum Gasteiger partial charge on any atom is -0.369 e. The normalized spacial score (nSPS) is 24.0. The molecule has 1 aliphatic rings. The van der Waals surface area contributed by atoms with E-state index in [-0.39, 0.29) is 6.10 Å². The van der Waals surface area contributed by atoms with E-state index in [4.69, 9.17) is 4.74 Å². The summed E-state index contributed by atoms with van der Waals surface area (Å²) in [6.45, 7) is 6.49. The van der Waals surface area contributed by atoms with E-state index in [0.29, 0.717) is 6.10 Å². The predicted molar refractivity (Wildman–Crippen MR) is 92.5 cm³/mol. The molecule has 118 valence electrons. The fourth-order valence-corrected chi connectivity index (χ4v) is 3.51. The summed E-state index contributed by atoms with van der Waals surface area (Å²) < 4.78 is 7.59. The third-order valence-electron chi connectivity index (χ3n) is 4.22. The van der Waals surface area contributed by atoms with Gasteiger partial charge in [-0.05, 0) is 49.4 Å². The molecule has 1 saturated carbocycles. The number of ether oxygens (including phenoxy) is 1. The second-order valence-corrected chi connectivity index (χ2v) is 7.19. The molecule has 21 heavy (non-hydrogen) atoms. The number of benzene rings is 1. The van der Waals surface area contributed by atoms with Crippen molar-refractivity contribution in [3.05, 3.63) is 34.3 Å². The van der Waals surface area contributed by atoms with Gasteiger partial charge in [-0.15, -0.1) is 0 Å². The summed E-state index contributed by atoms with van der Waals surface area (Å²) in [6, 6.07) is 8.53. The van der Waals surface area contributed by atoms with E-state index in [1.165, 1.54) is 31.2 Å². The molecule has 0 spiro atoms. The van der Waals surface area contributed by atoms with Gasteiger partial charge in [0.05, 0.1) is 12.2 Å². The maximum Gasteiger partial charge on any atom is 0.0953 e. The van der Waals surface area contributed by atoms with Crippen molar-refractivity contribution in [1.82, 2.24) is 5.32 Å². The molecule has 3 heteroatoms. The molecule has 0 bridgehead atoms. The lowest BCUT2D eigenvalue weighted by atomic mass is 9.88. The van der Waals surface area contributed by atoms with Crippen LogP contribution in [-0.4, -0.2) is 19.2 Å². The average Bonchev–Trinajstić information content (AvgIpc) is 2.46. The molecular formula is C18H28BrNO. The van der Waals surface area contributed by atoms with Gasteiger partial charge in [0.25, 0.3) is 0 Å². The summed E-state index contributed by atoms with van der Waals surface area (Å²) >= 11 is 3.57. The molecule has 2 rings (SSSR count). The Balaban J connectivity index is 2.00. The summed E-state index contributed by atoms with van der Waals surface area (Å²) in [5.74, 6) is 0.801.